The van der Waals surface area contributed by atoms with Gasteiger partial charge in [-0.05, 0) is 12.1 Å². The second-order valence-electron chi connectivity index (χ2n) is 2.45. The number of anilines is 2. The molecule has 0 radical (unpaired) electrons. The molecule has 5 N–H and O–H groups in total. The van der Waals surface area contributed by atoms with Gasteiger partial charge in [0.2, 0.25) is 0 Å². The highest BCUT2D eigenvalue weighted by Crippen LogP contribution is 2.29. The van der Waals surface area contributed by atoms with Gasteiger partial charge in [0.25, 0.3) is 0 Å². The molecule has 13 heavy (non-hydrogen) atoms. The molecule has 0 fully saturated rings. The van der Waals surface area contributed by atoms with Gasteiger partial charge in [-0.2, -0.15) is 0 Å². The Balaban J connectivity index is 2.95. The molecule has 5 heteroatoms. The molecular weight excluding hydrogens is 168 g/mol. The molecule has 0 aliphatic rings. The maximum Gasteiger partial charge on any atom is 0.142 e. The van der Waals surface area contributed by atoms with Gasteiger partial charge in [-0.15, -0.1) is 0 Å². The SMILES string of the molecule is CNNc1cccc(O)c1NNC. The minimum Gasteiger partial charge on any atom is -0.506 e. The van der Waals surface area contributed by atoms with Crippen LogP contribution in [0.15, 0.2) is 18.2 Å². The predicted octanol–water partition coefficient (Wildman–Crippen LogP) is 0.485. The summed E-state index contributed by atoms with van der Waals surface area (Å²) >= 11 is 0. The number of phenols is 1. The van der Waals surface area contributed by atoms with E-state index in [4.69, 9.17) is 0 Å². The third kappa shape index (κ3) is 2.24. The monoisotopic (exact) mass is 182 g/mol. The number of hydrogen-bond donors (Lipinski definition) is 5. The van der Waals surface area contributed by atoms with Crippen molar-refractivity contribution in [2.24, 2.45) is 0 Å². The summed E-state index contributed by atoms with van der Waals surface area (Å²) in [5.41, 5.74) is 12.6. The second kappa shape index (κ2) is 4.54. The van der Waals surface area contributed by atoms with Gasteiger partial charge in [-0.1, -0.05) is 6.07 Å². The first-order chi connectivity index (χ1) is 6.29. The average molecular weight is 182 g/mol. The van der Waals surface area contributed by atoms with Crippen molar-refractivity contribution < 1.29 is 5.11 Å². The van der Waals surface area contributed by atoms with Crippen LogP contribution in [0.2, 0.25) is 0 Å². The zero-order chi connectivity index (χ0) is 9.68. The van der Waals surface area contributed by atoms with Crippen LogP contribution in [-0.4, -0.2) is 19.2 Å². The Labute approximate surface area is 77.1 Å². The summed E-state index contributed by atoms with van der Waals surface area (Å²) in [5, 5.41) is 9.48. The molecule has 0 amide bonds. The van der Waals surface area contributed by atoms with Gasteiger partial charge in [0, 0.05) is 14.1 Å². The second-order valence-corrected chi connectivity index (χ2v) is 2.45. The van der Waals surface area contributed by atoms with Crippen LogP contribution < -0.4 is 21.7 Å². The van der Waals surface area contributed by atoms with Gasteiger partial charge in [0.05, 0.1) is 5.69 Å². The van der Waals surface area contributed by atoms with E-state index in [2.05, 4.69) is 21.7 Å². The molecule has 0 atom stereocenters. The third-order valence-electron chi connectivity index (χ3n) is 1.55. The van der Waals surface area contributed by atoms with Crippen molar-refractivity contribution in [3.8, 4) is 5.75 Å². The van der Waals surface area contributed by atoms with Crippen LogP contribution >= 0.6 is 0 Å². The van der Waals surface area contributed by atoms with Crippen molar-refractivity contribution >= 4 is 11.4 Å². The van der Waals surface area contributed by atoms with Crippen LogP contribution in [0.4, 0.5) is 11.4 Å². The van der Waals surface area contributed by atoms with E-state index in [9.17, 15) is 5.11 Å². The van der Waals surface area contributed by atoms with Gasteiger partial charge in [0.15, 0.2) is 0 Å². The van der Waals surface area contributed by atoms with Gasteiger partial charge < -0.3 is 16.0 Å². The zero-order valence-corrected chi connectivity index (χ0v) is 7.68. The fourth-order valence-electron chi connectivity index (χ4n) is 1.04. The third-order valence-corrected chi connectivity index (χ3v) is 1.55. The van der Waals surface area contributed by atoms with Crippen molar-refractivity contribution in [1.29, 1.82) is 0 Å². The van der Waals surface area contributed by atoms with Gasteiger partial charge in [-0.3, -0.25) is 0 Å². The Hall–Kier alpha value is -1.46. The van der Waals surface area contributed by atoms with Crippen molar-refractivity contribution in [2.45, 2.75) is 0 Å². The normalized spacial score (nSPS) is 9.69. The van der Waals surface area contributed by atoms with E-state index in [1.807, 2.05) is 6.07 Å². The fraction of sp³-hybridized carbons (Fsp3) is 0.250. The Morgan fingerprint density at radius 2 is 1.77 bits per heavy atom. The number of benzene rings is 1. The molecule has 0 aliphatic heterocycles. The van der Waals surface area contributed by atoms with E-state index < -0.39 is 0 Å². The van der Waals surface area contributed by atoms with E-state index in [1.54, 1.807) is 26.2 Å². The summed E-state index contributed by atoms with van der Waals surface area (Å²) in [5.74, 6) is 0.189. The maximum atomic E-state index is 9.48. The molecule has 0 spiro atoms. The van der Waals surface area contributed by atoms with E-state index in [0.717, 1.165) is 5.69 Å². The number of nitrogens with one attached hydrogen (secondary N) is 4. The topological polar surface area (TPSA) is 68.3 Å². The van der Waals surface area contributed by atoms with Gasteiger partial charge in [0.1, 0.15) is 11.4 Å². The van der Waals surface area contributed by atoms with Crippen LogP contribution in [0.3, 0.4) is 0 Å². The lowest BCUT2D eigenvalue weighted by molar-refractivity contribution is 0.477. The molecule has 0 bridgehead atoms. The van der Waals surface area contributed by atoms with Crippen molar-refractivity contribution in [1.82, 2.24) is 10.9 Å². The van der Waals surface area contributed by atoms with Crippen molar-refractivity contribution in [2.75, 3.05) is 24.9 Å². The van der Waals surface area contributed by atoms with E-state index in [-0.39, 0.29) is 5.75 Å². The van der Waals surface area contributed by atoms with E-state index >= 15 is 0 Å². The Morgan fingerprint density at radius 1 is 1.08 bits per heavy atom. The molecule has 0 aliphatic carbocycles. The quantitative estimate of drug-likeness (QED) is 0.346. The zero-order valence-electron chi connectivity index (χ0n) is 7.68. The van der Waals surface area contributed by atoms with Crippen molar-refractivity contribution in [3.63, 3.8) is 0 Å². The summed E-state index contributed by atoms with van der Waals surface area (Å²) in [6, 6.07) is 5.21. The number of para-hydroxylation sites is 1. The molecule has 0 heterocycles. The lowest BCUT2D eigenvalue weighted by Crippen LogP contribution is -2.20. The van der Waals surface area contributed by atoms with Crippen LogP contribution in [0, 0.1) is 0 Å². The molecule has 0 saturated carbocycles. The first-order valence-electron chi connectivity index (χ1n) is 3.97. The average Bonchev–Trinajstić information content (AvgIpc) is 2.11. The molecule has 0 aromatic heterocycles. The van der Waals surface area contributed by atoms with Crippen molar-refractivity contribution in [3.05, 3.63) is 18.2 Å². The van der Waals surface area contributed by atoms with Gasteiger partial charge >= 0.3 is 0 Å². The van der Waals surface area contributed by atoms with E-state index in [0.29, 0.717) is 5.69 Å². The first kappa shape index (κ1) is 9.63. The fourth-order valence-corrected chi connectivity index (χ4v) is 1.04. The summed E-state index contributed by atoms with van der Waals surface area (Å²) in [7, 11) is 3.49. The molecule has 1 rings (SSSR count). The molecule has 1 aromatic carbocycles. The highest BCUT2D eigenvalue weighted by Gasteiger charge is 2.04. The standard InChI is InChI=1S/C8H14N4O/c1-9-11-6-4-3-5-7(13)8(6)12-10-2/h3-5,9-13H,1-2H3. The number of aromatic hydroxyl groups is 1. The number of phenolic OH excluding ortho intramolecular Hbond substituents is 1. The predicted molar refractivity (Wildman–Crippen MR) is 53.5 cm³/mol. The van der Waals surface area contributed by atoms with Crippen LogP contribution in [0.5, 0.6) is 5.75 Å². The minimum absolute atomic E-state index is 0.189. The lowest BCUT2D eigenvalue weighted by atomic mass is 10.2. The number of rotatable bonds is 4. The maximum absolute atomic E-state index is 9.48. The molecule has 0 unspecified atom stereocenters. The van der Waals surface area contributed by atoms with Crippen LogP contribution in [-0.2, 0) is 0 Å². The largest absolute Gasteiger partial charge is 0.506 e. The highest BCUT2D eigenvalue weighted by molar-refractivity contribution is 5.74. The minimum atomic E-state index is 0.189. The molecule has 0 saturated heterocycles. The van der Waals surface area contributed by atoms with Crippen LogP contribution in [0.1, 0.15) is 0 Å². The van der Waals surface area contributed by atoms with Gasteiger partial charge in [-0.25, -0.2) is 10.9 Å². The molecule has 5 nitrogen and oxygen atoms in total. The Bertz CT molecular complexity index is 277. The van der Waals surface area contributed by atoms with E-state index in [1.165, 1.54) is 0 Å². The molecule has 72 valence electrons. The Kier molecular flexibility index (Phi) is 3.36. The number of hydrogen-bond acceptors (Lipinski definition) is 5. The summed E-state index contributed by atoms with van der Waals surface area (Å²) in [4.78, 5) is 0. The van der Waals surface area contributed by atoms with Crippen LogP contribution in [0.25, 0.3) is 0 Å². The molecular formula is C8H14N4O. The summed E-state index contributed by atoms with van der Waals surface area (Å²) in [6.45, 7) is 0. The first-order valence-corrected chi connectivity index (χ1v) is 3.97. The summed E-state index contributed by atoms with van der Waals surface area (Å²) < 4.78 is 0. The number of hydrazine groups is 2. The summed E-state index contributed by atoms with van der Waals surface area (Å²) in [6.07, 6.45) is 0. The Morgan fingerprint density at radius 3 is 2.38 bits per heavy atom. The highest BCUT2D eigenvalue weighted by atomic mass is 16.3. The smallest absolute Gasteiger partial charge is 0.142 e. The lowest BCUT2D eigenvalue weighted by Gasteiger charge is -2.13. The molecule has 1 aromatic rings.